The van der Waals surface area contributed by atoms with Crippen LogP contribution in [-0.4, -0.2) is 214 Å². The number of Topliss-reactive ketones (excluding diaryl/α,β-unsaturated/α-hetero) is 1. The molecule has 0 aromatic rings. The minimum atomic E-state index is -2.17. The van der Waals surface area contributed by atoms with Crippen LogP contribution in [0.5, 0.6) is 0 Å². The average molecular weight is 1430 g/mol. The topological polar surface area (TPSA) is 380 Å². The zero-order chi connectivity index (χ0) is 74.3. The largest absolute Gasteiger partial charge is 0.463 e. The van der Waals surface area contributed by atoms with E-state index >= 15 is 0 Å². The van der Waals surface area contributed by atoms with Crippen molar-refractivity contribution >= 4 is 71.4 Å². The smallest absolute Gasteiger partial charge is 0.306 e. The third-order valence-electron chi connectivity index (χ3n) is 16.5. The van der Waals surface area contributed by atoms with Crippen molar-refractivity contribution in [3.63, 3.8) is 0 Å². The molecule has 0 aliphatic carbocycles. The first kappa shape index (κ1) is 85.9. The van der Waals surface area contributed by atoms with Crippen LogP contribution in [0.25, 0.3) is 0 Å². The number of carbonyl (C=O) groups is 12. The van der Waals surface area contributed by atoms with Gasteiger partial charge in [0.2, 0.25) is 0 Å². The minimum absolute atomic E-state index is 0.0853. The summed E-state index contributed by atoms with van der Waals surface area (Å²) in [6.45, 7) is 18.0. The summed E-state index contributed by atoms with van der Waals surface area (Å²) in [6.07, 6.45) is -23.7. The van der Waals surface area contributed by atoms with Gasteiger partial charge in [-0.05, 0) is 52.9 Å². The van der Waals surface area contributed by atoms with Crippen molar-refractivity contribution in [1.29, 1.82) is 0 Å². The maximum atomic E-state index is 14.4. The van der Waals surface area contributed by atoms with Crippen molar-refractivity contribution in [1.82, 2.24) is 0 Å². The normalized spacial score (nSPS) is 29.8. The first-order chi connectivity index (χ1) is 47.4. The maximum absolute atomic E-state index is 14.4. The van der Waals surface area contributed by atoms with Gasteiger partial charge in [-0.2, -0.15) is 0 Å². The van der Waals surface area contributed by atoms with E-state index in [0.29, 0.717) is 38.5 Å². The van der Waals surface area contributed by atoms with E-state index in [0.717, 1.165) is 120 Å². The molecule has 0 bridgehead atoms. The summed E-state index contributed by atoms with van der Waals surface area (Å²) in [7, 11) is 0. The Balaban J connectivity index is 2.14. The predicted octanol–water partition coefficient (Wildman–Crippen LogP) is 7.00. The molecule has 0 unspecified atom stereocenters. The summed E-state index contributed by atoms with van der Waals surface area (Å²) in [5.74, 6) is -9.86. The molecular weight excluding hydrogens is 1320 g/mol. The molecule has 31 nitrogen and oxygen atoms in total. The van der Waals surface area contributed by atoms with Crippen LogP contribution >= 0.6 is 0 Å². The molecule has 4 heterocycles. The van der Waals surface area contributed by atoms with Gasteiger partial charge in [0.25, 0.3) is 0 Å². The van der Waals surface area contributed by atoms with Gasteiger partial charge in [-0.1, -0.05) is 91.4 Å². The van der Waals surface area contributed by atoms with E-state index in [2.05, 4.69) is 6.92 Å². The molecule has 0 N–H and O–H groups in total. The predicted molar refractivity (Wildman–Crippen MR) is 343 cm³/mol. The molecule has 4 saturated heterocycles. The Morgan fingerprint density at radius 2 is 0.650 bits per heavy atom. The lowest BCUT2D eigenvalue weighted by molar-refractivity contribution is -0.397. The number of hydrogen-bond acceptors (Lipinski definition) is 31. The number of hydrogen-bond donors (Lipinski definition) is 0. The van der Waals surface area contributed by atoms with E-state index in [-0.39, 0.29) is 31.5 Å². The fourth-order valence-electron chi connectivity index (χ4n) is 12.3. The van der Waals surface area contributed by atoms with Crippen LogP contribution in [0.2, 0.25) is 0 Å². The third kappa shape index (κ3) is 29.1. The molecule has 0 saturated carbocycles. The molecule has 21 atom stereocenters. The second-order valence-electron chi connectivity index (χ2n) is 25.5. The first-order valence-electron chi connectivity index (χ1n) is 35.0. The summed E-state index contributed by atoms with van der Waals surface area (Å²) in [6, 6.07) is 0. The van der Waals surface area contributed by atoms with Crippen LogP contribution in [0.15, 0.2) is 0 Å². The van der Waals surface area contributed by atoms with Crippen LogP contribution in [0.4, 0.5) is 0 Å². The quantitative estimate of drug-likeness (QED) is 0.0338. The molecule has 100 heavy (non-hydrogen) atoms. The second kappa shape index (κ2) is 44.1. The minimum Gasteiger partial charge on any atom is -0.463 e. The van der Waals surface area contributed by atoms with Gasteiger partial charge in [0, 0.05) is 81.6 Å². The summed E-state index contributed by atoms with van der Waals surface area (Å²) in [5, 5.41) is 0. The third-order valence-corrected chi connectivity index (χ3v) is 16.5. The van der Waals surface area contributed by atoms with Crippen molar-refractivity contribution in [2.75, 3.05) is 13.2 Å². The van der Waals surface area contributed by atoms with E-state index < -0.39 is 208 Å². The number of esters is 11. The molecule has 0 aromatic heterocycles. The zero-order valence-corrected chi connectivity index (χ0v) is 60.6. The average Bonchev–Trinajstić information content (AvgIpc) is 0.761. The molecule has 4 rings (SSSR count). The van der Waals surface area contributed by atoms with Gasteiger partial charge in [-0.25, -0.2) is 0 Å². The Kier molecular flexibility index (Phi) is 37.9. The lowest BCUT2D eigenvalue weighted by atomic mass is 9.95. The molecule has 4 aliphatic heterocycles. The lowest BCUT2D eigenvalue weighted by Gasteiger charge is -2.51. The Hall–Kier alpha value is -6.48. The molecule has 0 spiro atoms. The van der Waals surface area contributed by atoms with Crippen molar-refractivity contribution in [3.8, 4) is 0 Å². The van der Waals surface area contributed by atoms with Crippen LogP contribution in [0, 0.1) is 0 Å². The standard InChI is InChI=1S/C69H108O31/c1-16-19-20-21-22-25-28-33-49(34-29-26-23-24-27-32-37(4)70)94-68-64(60(91-46(13)77)56(88-43(10)74)50(95-68)35-82-40(7)71)100-69-65(99-67-63(93-48(15)79)59(90-45(12)76)55(39(6)85-67)87-42(9)73)61(98-53(81)31-18-3)57(97-52(80)30-17-2)51(96-69)36-83-66-62(92-47(14)78)58(89-44(11)75)54(38(5)84-66)86-41(8)72/h38-39,49-51,54-69H,16-36H2,1-15H3/t38-,39+,49-,50-,51-,54+,55+,56-,57-,58+,59-,60+,61+,62+,63+,64-,65-,66-,67+,68-,69+/m1/s1. The van der Waals surface area contributed by atoms with Gasteiger partial charge in [0.15, 0.2) is 98.4 Å². The first-order valence-corrected chi connectivity index (χ1v) is 35.0. The molecule has 0 radical (unpaired) electrons. The number of ketones is 1. The lowest BCUT2D eigenvalue weighted by Crippen LogP contribution is -2.69. The van der Waals surface area contributed by atoms with Gasteiger partial charge >= 0.3 is 65.7 Å². The van der Waals surface area contributed by atoms with Crippen molar-refractivity contribution in [2.45, 2.75) is 355 Å². The molecule has 4 fully saturated rings. The van der Waals surface area contributed by atoms with E-state index in [4.69, 9.17) is 90.0 Å². The number of carbonyl (C=O) groups excluding carboxylic acids is 12. The van der Waals surface area contributed by atoms with Gasteiger partial charge in [-0.15, -0.1) is 0 Å². The van der Waals surface area contributed by atoms with Gasteiger partial charge in [-0.3, -0.25) is 52.7 Å². The zero-order valence-electron chi connectivity index (χ0n) is 60.6. The van der Waals surface area contributed by atoms with Gasteiger partial charge < -0.3 is 94.8 Å². The fourth-order valence-corrected chi connectivity index (χ4v) is 12.3. The highest BCUT2D eigenvalue weighted by molar-refractivity contribution is 5.75. The monoisotopic (exact) mass is 1430 g/mol. The second-order valence-corrected chi connectivity index (χ2v) is 25.5. The summed E-state index contributed by atoms with van der Waals surface area (Å²) in [5.41, 5.74) is 0. The number of rotatable bonds is 41. The molecule has 31 heteroatoms. The van der Waals surface area contributed by atoms with Crippen molar-refractivity contribution in [3.05, 3.63) is 0 Å². The SMILES string of the molecule is CCCCCCCCC[C@H](CCCCCCCC(C)=O)O[C@@H]1O[C@H](COC(C)=O)[C@@H](OC(C)=O)[C@H](OC(C)=O)[C@H]1O[C@@H]1O[C@H](CO[C@@H]2O[C@H](C)[C@H](OC(C)=O)[C@H](OC(C)=O)[C@@H]2OC(C)=O)[C@@H](OC(=O)CCC)[C@H](OC(=O)CCC)[C@H]1O[C@@H]1O[C@@H](C)[C@H](OC(C)=O)[C@@H](OC(C)=O)[C@@H]1OC(C)=O. The molecule has 0 amide bonds. The Labute approximate surface area is 585 Å². The summed E-state index contributed by atoms with van der Waals surface area (Å²) >= 11 is 0. The fraction of sp³-hybridized carbons (Fsp3) is 0.826. The Bertz CT molecular complexity index is 2650. The van der Waals surface area contributed by atoms with Gasteiger partial charge in [0.1, 0.15) is 24.6 Å². The van der Waals surface area contributed by atoms with E-state index in [1.807, 2.05) is 0 Å². The molecule has 4 aliphatic rings. The van der Waals surface area contributed by atoms with Crippen LogP contribution in [0.3, 0.4) is 0 Å². The summed E-state index contributed by atoms with van der Waals surface area (Å²) in [4.78, 5) is 157. The van der Waals surface area contributed by atoms with Gasteiger partial charge in [0.05, 0.1) is 24.9 Å². The molecule has 570 valence electrons. The highest BCUT2D eigenvalue weighted by atomic mass is 16.8. The highest BCUT2D eigenvalue weighted by Gasteiger charge is 2.61. The van der Waals surface area contributed by atoms with E-state index in [1.165, 1.54) is 13.8 Å². The Morgan fingerprint density at radius 1 is 0.310 bits per heavy atom. The van der Waals surface area contributed by atoms with Crippen LogP contribution < -0.4 is 0 Å². The van der Waals surface area contributed by atoms with E-state index in [1.54, 1.807) is 20.8 Å². The highest BCUT2D eigenvalue weighted by Crippen LogP contribution is 2.40. The number of ether oxygens (including phenoxy) is 19. The summed E-state index contributed by atoms with van der Waals surface area (Å²) < 4.78 is 118. The van der Waals surface area contributed by atoms with Crippen LogP contribution in [0.1, 0.15) is 226 Å². The molecule has 0 aromatic carbocycles. The Morgan fingerprint density at radius 3 is 1.10 bits per heavy atom. The van der Waals surface area contributed by atoms with Crippen molar-refractivity contribution in [2.24, 2.45) is 0 Å². The number of unbranched alkanes of at least 4 members (excludes halogenated alkanes) is 10. The maximum Gasteiger partial charge on any atom is 0.306 e. The van der Waals surface area contributed by atoms with Crippen molar-refractivity contribution < 1.29 is 148 Å². The van der Waals surface area contributed by atoms with Crippen LogP contribution in [-0.2, 0) is 148 Å². The molecular formula is C69H108O31. The van der Waals surface area contributed by atoms with E-state index in [9.17, 15) is 57.5 Å².